The summed E-state index contributed by atoms with van der Waals surface area (Å²) in [5.74, 6) is 6.02. The number of piperazine rings is 1. The molecule has 0 spiro atoms. The van der Waals surface area contributed by atoms with Crippen LogP contribution in [0.15, 0.2) is 4.99 Å². The summed E-state index contributed by atoms with van der Waals surface area (Å²) >= 11 is 0. The fourth-order valence-corrected chi connectivity index (χ4v) is 1.70. The average molecular weight is 227 g/mol. The highest BCUT2D eigenvalue weighted by atomic mass is 16.2. The summed E-state index contributed by atoms with van der Waals surface area (Å²) in [6, 6.07) is 0.131. The zero-order chi connectivity index (χ0) is 12.3. The van der Waals surface area contributed by atoms with Crippen LogP contribution in [0.25, 0.3) is 0 Å². The first-order chi connectivity index (χ1) is 7.39. The molecule has 1 aliphatic heterocycles. The van der Waals surface area contributed by atoms with Crippen molar-refractivity contribution in [1.29, 1.82) is 0 Å². The van der Waals surface area contributed by atoms with Gasteiger partial charge in [0.05, 0.1) is 0 Å². The number of carbonyl (C=O) groups is 1. The first-order valence-electron chi connectivity index (χ1n) is 5.50. The van der Waals surface area contributed by atoms with Crippen LogP contribution >= 0.6 is 0 Å². The van der Waals surface area contributed by atoms with E-state index in [0.29, 0.717) is 19.0 Å². The Morgan fingerprint density at radius 2 is 2.25 bits per heavy atom. The third-order valence-corrected chi connectivity index (χ3v) is 2.62. The predicted octanol–water partition coefficient (Wildman–Crippen LogP) is -0.575. The van der Waals surface area contributed by atoms with E-state index in [1.807, 2.05) is 32.6 Å². The van der Waals surface area contributed by atoms with Crippen LogP contribution in [0.1, 0.15) is 27.7 Å². The Morgan fingerprint density at radius 3 is 2.75 bits per heavy atom. The van der Waals surface area contributed by atoms with Crippen LogP contribution < -0.4 is 16.6 Å². The molecule has 1 amide bonds. The molecule has 0 bridgehead atoms. The zero-order valence-electron chi connectivity index (χ0n) is 10.4. The number of nitrogens with two attached hydrogens (primary N) is 1. The van der Waals surface area contributed by atoms with Gasteiger partial charge in [0.25, 0.3) is 0 Å². The molecule has 1 heterocycles. The Bertz CT molecular complexity index is 298. The highest BCUT2D eigenvalue weighted by molar-refractivity contribution is 5.92. The number of carbonyl (C=O) groups excluding carboxylic acids is 1. The lowest BCUT2D eigenvalue weighted by Gasteiger charge is -2.42. The van der Waals surface area contributed by atoms with Crippen molar-refractivity contribution in [3.05, 3.63) is 0 Å². The van der Waals surface area contributed by atoms with Crippen molar-refractivity contribution in [2.24, 2.45) is 10.8 Å². The smallest absolute Gasteiger partial charge is 0.245 e. The monoisotopic (exact) mass is 227 g/mol. The third kappa shape index (κ3) is 2.44. The molecular formula is C10H21N5O. The number of nitrogens with zero attached hydrogens (tertiary/aromatic N) is 2. The molecule has 1 saturated heterocycles. The van der Waals surface area contributed by atoms with Gasteiger partial charge < -0.3 is 10.2 Å². The van der Waals surface area contributed by atoms with E-state index in [1.54, 1.807) is 0 Å². The van der Waals surface area contributed by atoms with Crippen molar-refractivity contribution in [1.82, 2.24) is 15.6 Å². The van der Waals surface area contributed by atoms with Crippen molar-refractivity contribution in [2.45, 2.75) is 39.3 Å². The second-order valence-corrected chi connectivity index (χ2v) is 4.66. The molecule has 0 aromatic carbocycles. The number of nitrogens with one attached hydrogen (secondary N) is 2. The van der Waals surface area contributed by atoms with E-state index in [0.717, 1.165) is 0 Å². The fourth-order valence-electron chi connectivity index (χ4n) is 1.70. The topological polar surface area (TPSA) is 82.8 Å². The maximum Gasteiger partial charge on any atom is 0.245 e. The zero-order valence-corrected chi connectivity index (χ0v) is 10.4. The maximum absolute atomic E-state index is 11.8. The molecule has 0 aromatic rings. The van der Waals surface area contributed by atoms with E-state index in [4.69, 9.17) is 5.84 Å². The number of guanidine groups is 1. The van der Waals surface area contributed by atoms with Crippen LogP contribution in [0, 0.1) is 0 Å². The van der Waals surface area contributed by atoms with Crippen LogP contribution in [0.3, 0.4) is 0 Å². The van der Waals surface area contributed by atoms with E-state index >= 15 is 0 Å². The lowest BCUT2D eigenvalue weighted by molar-refractivity contribution is -0.132. The third-order valence-electron chi connectivity index (χ3n) is 2.62. The number of hydrogen-bond acceptors (Lipinski definition) is 3. The second kappa shape index (κ2) is 4.69. The van der Waals surface area contributed by atoms with Gasteiger partial charge in [-0.1, -0.05) is 0 Å². The van der Waals surface area contributed by atoms with Crippen LogP contribution in [-0.2, 0) is 4.79 Å². The van der Waals surface area contributed by atoms with Gasteiger partial charge in [-0.3, -0.25) is 10.2 Å². The number of hydrogen-bond donors (Lipinski definition) is 3. The summed E-state index contributed by atoms with van der Waals surface area (Å²) in [6.07, 6.45) is 0. The van der Waals surface area contributed by atoms with Crippen molar-refractivity contribution in [3.8, 4) is 0 Å². The molecule has 16 heavy (non-hydrogen) atoms. The average Bonchev–Trinajstić information content (AvgIpc) is 2.19. The highest BCUT2D eigenvalue weighted by Gasteiger charge is 2.39. The van der Waals surface area contributed by atoms with E-state index in [1.165, 1.54) is 0 Å². The normalized spacial score (nSPS) is 21.0. The standard InChI is InChI=1S/C10H21N5O/c1-7(2)13-9(14-11)15-6-5-12-8(16)10(15,3)4/h7H,5-6,11H2,1-4H3,(H,12,16)(H,13,14). The quantitative estimate of drug-likeness (QED) is 0.242. The molecule has 4 N–H and O–H groups in total. The molecule has 6 nitrogen and oxygen atoms in total. The van der Waals surface area contributed by atoms with Crippen molar-refractivity contribution < 1.29 is 4.79 Å². The molecule has 1 rings (SSSR count). The Labute approximate surface area is 96.2 Å². The van der Waals surface area contributed by atoms with Gasteiger partial charge in [0, 0.05) is 19.1 Å². The predicted molar refractivity (Wildman–Crippen MR) is 63.7 cm³/mol. The van der Waals surface area contributed by atoms with Gasteiger partial charge in [-0.15, -0.1) is 0 Å². The van der Waals surface area contributed by atoms with Gasteiger partial charge in [0.1, 0.15) is 5.54 Å². The van der Waals surface area contributed by atoms with Crippen molar-refractivity contribution in [3.63, 3.8) is 0 Å². The van der Waals surface area contributed by atoms with Crippen LogP contribution in [0.5, 0.6) is 0 Å². The largest absolute Gasteiger partial charge is 0.352 e. The molecule has 92 valence electrons. The lowest BCUT2D eigenvalue weighted by Crippen LogP contribution is -2.66. The van der Waals surface area contributed by atoms with Crippen LogP contribution in [0.4, 0.5) is 0 Å². The molecule has 1 fully saturated rings. The molecule has 0 radical (unpaired) electrons. The van der Waals surface area contributed by atoms with Gasteiger partial charge in [-0.25, -0.2) is 10.8 Å². The minimum absolute atomic E-state index is 0.00884. The minimum atomic E-state index is -0.627. The molecule has 0 saturated carbocycles. The first kappa shape index (κ1) is 12.8. The molecule has 1 aliphatic rings. The molecule has 6 heteroatoms. The SMILES string of the molecule is CC(C)N=C(NN)N1CCNC(=O)C1(C)C. The van der Waals surface area contributed by atoms with Crippen molar-refractivity contribution >= 4 is 11.9 Å². The Kier molecular flexibility index (Phi) is 3.74. The summed E-state index contributed by atoms with van der Waals surface area (Å²) in [4.78, 5) is 18.0. The number of amides is 1. The minimum Gasteiger partial charge on any atom is -0.352 e. The Balaban J connectivity index is 2.96. The summed E-state index contributed by atoms with van der Waals surface area (Å²) < 4.78 is 0. The van der Waals surface area contributed by atoms with E-state index < -0.39 is 5.54 Å². The maximum atomic E-state index is 11.8. The van der Waals surface area contributed by atoms with Gasteiger partial charge in [-0.05, 0) is 27.7 Å². The van der Waals surface area contributed by atoms with Gasteiger partial charge >= 0.3 is 0 Å². The number of hydrazine groups is 1. The molecule has 0 aliphatic carbocycles. The lowest BCUT2D eigenvalue weighted by atomic mass is 9.99. The summed E-state index contributed by atoms with van der Waals surface area (Å²) in [6.45, 7) is 8.96. The first-order valence-corrected chi connectivity index (χ1v) is 5.50. The number of rotatable bonds is 1. The van der Waals surface area contributed by atoms with Crippen LogP contribution in [0.2, 0.25) is 0 Å². The molecule has 0 atom stereocenters. The van der Waals surface area contributed by atoms with Gasteiger partial charge in [0.2, 0.25) is 11.9 Å². The Morgan fingerprint density at radius 1 is 1.62 bits per heavy atom. The van der Waals surface area contributed by atoms with Gasteiger partial charge in [-0.2, -0.15) is 0 Å². The van der Waals surface area contributed by atoms with Crippen molar-refractivity contribution in [2.75, 3.05) is 13.1 Å². The number of aliphatic imine (C=N–C) groups is 1. The van der Waals surface area contributed by atoms with E-state index in [9.17, 15) is 4.79 Å². The van der Waals surface area contributed by atoms with E-state index in [2.05, 4.69) is 15.7 Å². The van der Waals surface area contributed by atoms with Gasteiger partial charge in [0.15, 0.2) is 0 Å². The molecule has 0 aromatic heterocycles. The van der Waals surface area contributed by atoms with E-state index in [-0.39, 0.29) is 11.9 Å². The van der Waals surface area contributed by atoms with Crippen LogP contribution in [-0.4, -0.2) is 41.4 Å². The molecule has 0 unspecified atom stereocenters. The fraction of sp³-hybridized carbons (Fsp3) is 0.800. The second-order valence-electron chi connectivity index (χ2n) is 4.66. The summed E-state index contributed by atoms with van der Waals surface area (Å²) in [5, 5.41) is 2.83. The summed E-state index contributed by atoms with van der Waals surface area (Å²) in [7, 11) is 0. The Hall–Kier alpha value is -1.30. The summed E-state index contributed by atoms with van der Waals surface area (Å²) in [5.41, 5.74) is 1.95. The molecular weight excluding hydrogens is 206 g/mol. The highest BCUT2D eigenvalue weighted by Crippen LogP contribution is 2.17.